The third-order valence-electron chi connectivity index (χ3n) is 2.32. The van der Waals surface area contributed by atoms with Crippen molar-refractivity contribution in [3.05, 3.63) is 27.2 Å². The molecule has 0 spiro atoms. The zero-order valence-corrected chi connectivity index (χ0v) is 10.3. The van der Waals surface area contributed by atoms with Crippen LogP contribution in [0.4, 0.5) is 0 Å². The molecule has 0 N–H and O–H groups in total. The lowest BCUT2D eigenvalue weighted by molar-refractivity contribution is 0.705. The number of aryl methyl sites for hydroxylation is 2. The maximum atomic E-state index is 11.7. The summed E-state index contributed by atoms with van der Waals surface area (Å²) >= 11 is 0. The first-order valence-corrected chi connectivity index (χ1v) is 4.11. The molecule has 2 aromatic heterocycles. The summed E-state index contributed by atoms with van der Waals surface area (Å²) in [4.78, 5) is 27.2. The standard InChI is InChI=1S/C8H10N4O2.Mg/c1-10-4-9-6-5(10)7(13)12(3)8(14)11(6)2;/h4H,1-3H3;. The van der Waals surface area contributed by atoms with Crippen LogP contribution in [0.15, 0.2) is 15.9 Å². The number of imidazole rings is 1. The van der Waals surface area contributed by atoms with Crippen molar-refractivity contribution >= 4 is 34.2 Å². The maximum absolute atomic E-state index is 11.7. The first-order valence-electron chi connectivity index (χ1n) is 4.11. The molecule has 0 aromatic carbocycles. The molecule has 0 saturated carbocycles. The summed E-state index contributed by atoms with van der Waals surface area (Å²) < 4.78 is 4.04. The van der Waals surface area contributed by atoms with Crippen molar-refractivity contribution in [1.82, 2.24) is 18.7 Å². The monoisotopic (exact) mass is 218 g/mol. The predicted molar refractivity (Wildman–Crippen MR) is 57.0 cm³/mol. The van der Waals surface area contributed by atoms with E-state index in [4.69, 9.17) is 0 Å². The highest BCUT2D eigenvalue weighted by Crippen LogP contribution is 2.01. The Morgan fingerprint density at radius 3 is 2.33 bits per heavy atom. The summed E-state index contributed by atoms with van der Waals surface area (Å²) in [6.07, 6.45) is 1.52. The molecule has 0 aliphatic heterocycles. The summed E-state index contributed by atoms with van der Waals surface area (Å²) in [6.45, 7) is 0. The zero-order chi connectivity index (χ0) is 10.5. The summed E-state index contributed by atoms with van der Waals surface area (Å²) in [7, 11) is 4.77. The summed E-state index contributed by atoms with van der Waals surface area (Å²) in [5, 5.41) is 0. The van der Waals surface area contributed by atoms with Gasteiger partial charge >= 0.3 is 5.69 Å². The van der Waals surface area contributed by atoms with Crippen molar-refractivity contribution in [3.8, 4) is 0 Å². The Hall–Kier alpha value is -1.08. The number of hydrogen-bond donors (Lipinski definition) is 0. The van der Waals surface area contributed by atoms with E-state index >= 15 is 0 Å². The first-order chi connectivity index (χ1) is 6.54. The topological polar surface area (TPSA) is 61.8 Å². The van der Waals surface area contributed by atoms with Crippen LogP contribution in [0.3, 0.4) is 0 Å². The van der Waals surface area contributed by atoms with Gasteiger partial charge in [0.25, 0.3) is 5.56 Å². The van der Waals surface area contributed by atoms with Crippen molar-refractivity contribution in [1.29, 1.82) is 0 Å². The zero-order valence-electron chi connectivity index (χ0n) is 8.89. The van der Waals surface area contributed by atoms with Crippen LogP contribution in [-0.4, -0.2) is 41.7 Å². The van der Waals surface area contributed by atoms with E-state index in [0.29, 0.717) is 11.2 Å². The van der Waals surface area contributed by atoms with E-state index < -0.39 is 0 Å². The van der Waals surface area contributed by atoms with E-state index in [1.54, 1.807) is 18.7 Å². The van der Waals surface area contributed by atoms with Crippen molar-refractivity contribution in [2.45, 2.75) is 0 Å². The molecule has 0 unspecified atom stereocenters. The Kier molecular flexibility index (Phi) is 3.05. The van der Waals surface area contributed by atoms with Crippen molar-refractivity contribution in [3.63, 3.8) is 0 Å². The van der Waals surface area contributed by atoms with Gasteiger partial charge in [-0.3, -0.25) is 13.9 Å². The molecular formula is C8H10MgN4O2. The summed E-state index contributed by atoms with van der Waals surface area (Å²) in [6, 6.07) is 0. The first kappa shape index (κ1) is 12.0. The van der Waals surface area contributed by atoms with Gasteiger partial charge in [0.2, 0.25) is 0 Å². The van der Waals surface area contributed by atoms with Gasteiger partial charge in [0, 0.05) is 44.2 Å². The molecule has 2 aromatic rings. The van der Waals surface area contributed by atoms with Gasteiger partial charge in [-0.1, -0.05) is 0 Å². The molecule has 7 heteroatoms. The van der Waals surface area contributed by atoms with E-state index in [1.165, 1.54) is 17.9 Å². The molecule has 0 fully saturated rings. The molecule has 0 aliphatic rings. The molecule has 2 radical (unpaired) electrons. The smallest absolute Gasteiger partial charge is 0.328 e. The maximum Gasteiger partial charge on any atom is 0.332 e. The Balaban J connectivity index is 0.00000112. The van der Waals surface area contributed by atoms with Crippen LogP contribution < -0.4 is 11.2 Å². The largest absolute Gasteiger partial charge is 0.332 e. The summed E-state index contributed by atoms with van der Waals surface area (Å²) in [5.74, 6) is 0. The second-order valence-electron chi connectivity index (χ2n) is 3.23. The quantitative estimate of drug-likeness (QED) is 0.511. The SMILES string of the molecule is Cn1c(=O)c2c(ncn2C)n(C)c1=O.[Mg]. The van der Waals surface area contributed by atoms with Gasteiger partial charge in [-0.2, -0.15) is 0 Å². The minimum absolute atomic E-state index is 0. The molecular weight excluding hydrogens is 208 g/mol. The van der Waals surface area contributed by atoms with Gasteiger partial charge in [0.1, 0.15) is 0 Å². The third-order valence-corrected chi connectivity index (χ3v) is 2.32. The molecule has 6 nitrogen and oxygen atoms in total. The van der Waals surface area contributed by atoms with Gasteiger partial charge in [-0.05, 0) is 0 Å². The lowest BCUT2D eigenvalue weighted by Crippen LogP contribution is -2.37. The highest BCUT2D eigenvalue weighted by Gasteiger charge is 2.11. The predicted octanol–water partition coefficient (Wildman–Crippen LogP) is -1.41. The van der Waals surface area contributed by atoms with E-state index in [-0.39, 0.29) is 34.3 Å². The number of hydrogen-bond acceptors (Lipinski definition) is 3. The molecule has 15 heavy (non-hydrogen) atoms. The fraction of sp³-hybridized carbons (Fsp3) is 0.375. The highest BCUT2D eigenvalue weighted by molar-refractivity contribution is 5.75. The van der Waals surface area contributed by atoms with Crippen molar-refractivity contribution in [2.24, 2.45) is 21.1 Å². The van der Waals surface area contributed by atoms with Gasteiger partial charge in [-0.25, -0.2) is 9.78 Å². The minimum atomic E-state index is -0.360. The van der Waals surface area contributed by atoms with E-state index in [0.717, 1.165) is 4.57 Å². The van der Waals surface area contributed by atoms with Crippen LogP contribution in [0.2, 0.25) is 0 Å². The molecule has 0 amide bonds. The molecule has 2 heterocycles. The lowest BCUT2D eigenvalue weighted by Gasteiger charge is -2.02. The average Bonchev–Trinajstić information content (AvgIpc) is 2.54. The number of nitrogens with zero attached hydrogens (tertiary/aromatic N) is 4. The van der Waals surface area contributed by atoms with Crippen molar-refractivity contribution < 1.29 is 0 Å². The molecule has 2 rings (SSSR count). The van der Waals surface area contributed by atoms with Crippen LogP contribution in [0.1, 0.15) is 0 Å². The molecule has 0 aliphatic carbocycles. The fourth-order valence-corrected chi connectivity index (χ4v) is 1.47. The van der Waals surface area contributed by atoms with E-state index in [2.05, 4.69) is 4.98 Å². The van der Waals surface area contributed by atoms with Crippen molar-refractivity contribution in [2.75, 3.05) is 0 Å². The highest BCUT2D eigenvalue weighted by atomic mass is 24.3. The molecule has 0 atom stereocenters. The van der Waals surface area contributed by atoms with Gasteiger partial charge in [0.05, 0.1) is 6.33 Å². The van der Waals surface area contributed by atoms with Gasteiger partial charge in [-0.15, -0.1) is 0 Å². The fourth-order valence-electron chi connectivity index (χ4n) is 1.47. The molecule has 76 valence electrons. The second-order valence-corrected chi connectivity index (χ2v) is 3.23. The third kappa shape index (κ3) is 1.51. The Bertz CT molecular complexity index is 622. The second kappa shape index (κ2) is 3.82. The van der Waals surface area contributed by atoms with Crippen LogP contribution in [-0.2, 0) is 21.1 Å². The number of aromatic nitrogens is 4. The van der Waals surface area contributed by atoms with Crippen LogP contribution >= 0.6 is 0 Å². The normalized spacial score (nSPS) is 10.3. The Morgan fingerprint density at radius 2 is 1.73 bits per heavy atom. The van der Waals surface area contributed by atoms with Gasteiger partial charge < -0.3 is 4.57 Å². The molecule has 0 bridgehead atoms. The lowest BCUT2D eigenvalue weighted by atomic mass is 10.5. The summed E-state index contributed by atoms with van der Waals surface area (Å²) in [5.41, 5.74) is 0.180. The Morgan fingerprint density at radius 1 is 1.13 bits per heavy atom. The van der Waals surface area contributed by atoms with Crippen LogP contribution in [0.25, 0.3) is 11.2 Å². The van der Waals surface area contributed by atoms with Gasteiger partial charge in [0.15, 0.2) is 11.2 Å². The molecule has 0 saturated heterocycles. The van der Waals surface area contributed by atoms with E-state index in [1.807, 2.05) is 0 Å². The minimum Gasteiger partial charge on any atom is -0.328 e. The average molecular weight is 218 g/mol. The van der Waals surface area contributed by atoms with E-state index in [9.17, 15) is 9.59 Å². The number of rotatable bonds is 0. The number of fused-ring (bicyclic) bond motifs is 1. The van der Waals surface area contributed by atoms with Crippen LogP contribution in [0.5, 0.6) is 0 Å². The van der Waals surface area contributed by atoms with Crippen LogP contribution in [0, 0.1) is 0 Å². The Labute approximate surface area is 101 Å².